The van der Waals surface area contributed by atoms with Gasteiger partial charge in [-0.3, -0.25) is 0 Å². The summed E-state index contributed by atoms with van der Waals surface area (Å²) in [5.41, 5.74) is 1.58. The Morgan fingerprint density at radius 3 is 2.58 bits per heavy atom. The normalized spacial score (nSPS) is 16.1. The predicted molar refractivity (Wildman–Crippen MR) is 93.5 cm³/mol. The molecule has 1 saturated heterocycles. The minimum absolute atomic E-state index is 0.454. The summed E-state index contributed by atoms with van der Waals surface area (Å²) in [4.78, 5) is 11.2. The Morgan fingerprint density at radius 2 is 1.88 bits per heavy atom. The standard InChI is InChI=1S/C18H18F3N5/c19-18(20,21)15-3-1-12(9-23-15)25-16-4-2-13-14(10-24-17(13)26-16)11-5-7-22-8-6-11/h1-4,9-11,22H,5-8H2,(H2,24,25,26). The van der Waals surface area contributed by atoms with Gasteiger partial charge >= 0.3 is 6.18 Å². The van der Waals surface area contributed by atoms with E-state index in [4.69, 9.17) is 0 Å². The van der Waals surface area contributed by atoms with Crippen molar-refractivity contribution in [3.05, 3.63) is 47.9 Å². The second-order valence-corrected chi connectivity index (χ2v) is 6.42. The van der Waals surface area contributed by atoms with Crippen molar-refractivity contribution in [2.24, 2.45) is 0 Å². The minimum Gasteiger partial charge on any atom is -0.346 e. The van der Waals surface area contributed by atoms with Gasteiger partial charge in [0.1, 0.15) is 17.2 Å². The highest BCUT2D eigenvalue weighted by molar-refractivity contribution is 5.82. The van der Waals surface area contributed by atoms with Crippen molar-refractivity contribution in [2.75, 3.05) is 18.4 Å². The summed E-state index contributed by atoms with van der Waals surface area (Å²) in [6.45, 7) is 2.04. The van der Waals surface area contributed by atoms with Gasteiger partial charge in [-0.15, -0.1) is 0 Å². The van der Waals surface area contributed by atoms with Crippen LogP contribution in [0.25, 0.3) is 11.0 Å². The highest BCUT2D eigenvalue weighted by atomic mass is 19.4. The molecule has 0 aromatic carbocycles. The third-order valence-electron chi connectivity index (χ3n) is 4.68. The van der Waals surface area contributed by atoms with Crippen LogP contribution in [0, 0.1) is 0 Å². The molecule has 0 amide bonds. The summed E-state index contributed by atoms with van der Waals surface area (Å²) in [5, 5.41) is 7.45. The molecule has 1 fully saturated rings. The molecule has 3 aromatic rings. The summed E-state index contributed by atoms with van der Waals surface area (Å²) in [7, 11) is 0. The van der Waals surface area contributed by atoms with Crippen molar-refractivity contribution < 1.29 is 13.2 Å². The zero-order valence-electron chi connectivity index (χ0n) is 13.9. The first kappa shape index (κ1) is 16.8. The second kappa shape index (κ2) is 6.60. The molecule has 5 nitrogen and oxygen atoms in total. The molecule has 0 spiro atoms. The van der Waals surface area contributed by atoms with Crippen LogP contribution in [-0.2, 0) is 6.18 Å². The maximum Gasteiger partial charge on any atom is 0.433 e. The van der Waals surface area contributed by atoms with E-state index in [-0.39, 0.29) is 0 Å². The van der Waals surface area contributed by atoms with Crippen molar-refractivity contribution in [3.8, 4) is 0 Å². The van der Waals surface area contributed by atoms with E-state index in [9.17, 15) is 13.2 Å². The number of pyridine rings is 2. The number of H-pyrrole nitrogens is 1. The number of alkyl halides is 3. The third kappa shape index (κ3) is 3.37. The van der Waals surface area contributed by atoms with Gasteiger partial charge in [-0.05, 0) is 61.7 Å². The molecule has 0 aliphatic carbocycles. The molecule has 26 heavy (non-hydrogen) atoms. The molecule has 0 radical (unpaired) electrons. The van der Waals surface area contributed by atoms with Crippen LogP contribution in [-0.4, -0.2) is 28.0 Å². The van der Waals surface area contributed by atoms with Gasteiger partial charge in [-0.2, -0.15) is 13.2 Å². The first-order valence-corrected chi connectivity index (χ1v) is 8.50. The summed E-state index contributed by atoms with van der Waals surface area (Å²) in [5.74, 6) is 1.07. The lowest BCUT2D eigenvalue weighted by molar-refractivity contribution is -0.141. The van der Waals surface area contributed by atoms with Crippen LogP contribution >= 0.6 is 0 Å². The number of hydrogen-bond donors (Lipinski definition) is 3. The lowest BCUT2D eigenvalue weighted by atomic mass is 9.90. The Bertz CT molecular complexity index is 895. The van der Waals surface area contributed by atoms with E-state index in [1.807, 2.05) is 18.3 Å². The number of halogens is 3. The smallest absolute Gasteiger partial charge is 0.346 e. The summed E-state index contributed by atoms with van der Waals surface area (Å²) < 4.78 is 37.7. The van der Waals surface area contributed by atoms with Crippen molar-refractivity contribution >= 4 is 22.5 Å². The van der Waals surface area contributed by atoms with Crippen LogP contribution < -0.4 is 10.6 Å². The van der Waals surface area contributed by atoms with Crippen LogP contribution in [0.2, 0.25) is 0 Å². The van der Waals surface area contributed by atoms with Crippen molar-refractivity contribution in [1.82, 2.24) is 20.3 Å². The summed E-state index contributed by atoms with van der Waals surface area (Å²) in [6, 6.07) is 6.12. The fraction of sp³-hybridized carbons (Fsp3) is 0.333. The number of aromatic nitrogens is 3. The first-order chi connectivity index (χ1) is 12.5. The van der Waals surface area contributed by atoms with Gasteiger partial charge in [-0.1, -0.05) is 0 Å². The van der Waals surface area contributed by atoms with E-state index in [2.05, 4.69) is 25.6 Å². The molecule has 0 bridgehead atoms. The summed E-state index contributed by atoms with van der Waals surface area (Å²) >= 11 is 0. The van der Waals surface area contributed by atoms with E-state index < -0.39 is 11.9 Å². The monoisotopic (exact) mass is 361 g/mol. The van der Waals surface area contributed by atoms with Crippen LogP contribution in [0.1, 0.15) is 30.0 Å². The van der Waals surface area contributed by atoms with E-state index in [0.717, 1.165) is 49.2 Å². The molecule has 1 aliphatic rings. The van der Waals surface area contributed by atoms with E-state index in [1.165, 1.54) is 11.6 Å². The van der Waals surface area contributed by atoms with Crippen molar-refractivity contribution in [2.45, 2.75) is 24.9 Å². The van der Waals surface area contributed by atoms with Gasteiger partial charge in [-0.25, -0.2) is 9.97 Å². The van der Waals surface area contributed by atoms with Crippen LogP contribution in [0.4, 0.5) is 24.7 Å². The SMILES string of the molecule is FC(F)(F)c1ccc(Nc2ccc3c(C4CCNCC4)c[nH]c3n2)cn1. The molecule has 0 saturated carbocycles. The maximum absolute atomic E-state index is 12.6. The number of nitrogens with zero attached hydrogens (tertiary/aromatic N) is 2. The zero-order valence-corrected chi connectivity index (χ0v) is 13.9. The fourth-order valence-corrected chi connectivity index (χ4v) is 3.35. The van der Waals surface area contributed by atoms with Crippen LogP contribution in [0.15, 0.2) is 36.7 Å². The highest BCUT2D eigenvalue weighted by Crippen LogP contribution is 2.32. The molecule has 8 heteroatoms. The Balaban J connectivity index is 1.54. The molecule has 3 N–H and O–H groups in total. The number of nitrogens with one attached hydrogen (secondary N) is 3. The van der Waals surface area contributed by atoms with Crippen molar-refractivity contribution in [1.29, 1.82) is 0 Å². The van der Waals surface area contributed by atoms with E-state index in [0.29, 0.717) is 17.4 Å². The van der Waals surface area contributed by atoms with Crippen molar-refractivity contribution in [3.63, 3.8) is 0 Å². The first-order valence-electron chi connectivity index (χ1n) is 8.50. The Hall–Kier alpha value is -2.61. The van der Waals surface area contributed by atoms with E-state index in [1.54, 1.807) is 0 Å². The van der Waals surface area contributed by atoms with Gasteiger partial charge in [0.2, 0.25) is 0 Å². The number of piperidine rings is 1. The Morgan fingerprint density at radius 1 is 1.08 bits per heavy atom. The Kier molecular flexibility index (Phi) is 4.28. The molecule has 0 unspecified atom stereocenters. The molecule has 4 heterocycles. The molecule has 0 atom stereocenters. The lowest BCUT2D eigenvalue weighted by Crippen LogP contribution is -2.26. The number of hydrogen-bond acceptors (Lipinski definition) is 4. The fourth-order valence-electron chi connectivity index (χ4n) is 3.35. The molecule has 3 aromatic heterocycles. The summed E-state index contributed by atoms with van der Waals surface area (Å²) in [6.07, 6.45) is 0.931. The van der Waals surface area contributed by atoms with Gasteiger partial charge in [0.05, 0.1) is 11.9 Å². The van der Waals surface area contributed by atoms with E-state index >= 15 is 0 Å². The molecular formula is C18H18F3N5. The Labute approximate surface area is 148 Å². The quantitative estimate of drug-likeness (QED) is 0.655. The van der Waals surface area contributed by atoms with Gasteiger partial charge < -0.3 is 15.6 Å². The molecule has 4 rings (SSSR count). The van der Waals surface area contributed by atoms with Crippen LogP contribution in [0.5, 0.6) is 0 Å². The second-order valence-electron chi connectivity index (χ2n) is 6.42. The molecule has 1 aliphatic heterocycles. The topological polar surface area (TPSA) is 65.6 Å². The van der Waals surface area contributed by atoms with Gasteiger partial charge in [0.15, 0.2) is 0 Å². The van der Waals surface area contributed by atoms with Gasteiger partial charge in [0, 0.05) is 11.6 Å². The molecular weight excluding hydrogens is 343 g/mol. The largest absolute Gasteiger partial charge is 0.433 e. The minimum atomic E-state index is -4.44. The molecule has 136 valence electrons. The third-order valence-corrected chi connectivity index (χ3v) is 4.68. The number of anilines is 2. The van der Waals surface area contributed by atoms with Gasteiger partial charge in [0.25, 0.3) is 0 Å². The maximum atomic E-state index is 12.6. The predicted octanol–water partition coefficient (Wildman–Crippen LogP) is 4.19. The number of rotatable bonds is 3. The number of aromatic amines is 1. The van der Waals surface area contributed by atoms with Crippen LogP contribution in [0.3, 0.4) is 0 Å². The highest BCUT2D eigenvalue weighted by Gasteiger charge is 2.32. The zero-order chi connectivity index (χ0) is 18.1. The average molecular weight is 361 g/mol. The lowest BCUT2D eigenvalue weighted by Gasteiger charge is -2.22. The average Bonchev–Trinajstić information content (AvgIpc) is 3.05. The number of fused-ring (bicyclic) bond motifs is 1.